The highest BCUT2D eigenvalue weighted by atomic mass is 32.1. The Hall–Kier alpha value is -2.26. The van der Waals surface area contributed by atoms with Crippen LogP contribution in [0.4, 0.5) is 0 Å². The van der Waals surface area contributed by atoms with Crippen LogP contribution < -0.4 is 0 Å². The Morgan fingerprint density at radius 3 is 2.65 bits per heavy atom. The summed E-state index contributed by atoms with van der Waals surface area (Å²) in [7, 11) is 0. The van der Waals surface area contributed by atoms with Crippen molar-refractivity contribution in [2.24, 2.45) is 0 Å². The zero-order valence-corrected chi connectivity index (χ0v) is 11.8. The summed E-state index contributed by atoms with van der Waals surface area (Å²) >= 11 is 1.76. The maximum absolute atomic E-state index is 4.65. The van der Waals surface area contributed by atoms with E-state index in [0.29, 0.717) is 0 Å². The number of benzene rings is 1. The molecule has 3 heteroatoms. The number of hydrogen-bond acceptors (Lipinski definition) is 3. The molecule has 3 aromatic heterocycles. The van der Waals surface area contributed by atoms with Crippen LogP contribution in [0.15, 0.2) is 54.2 Å². The van der Waals surface area contributed by atoms with Gasteiger partial charge < -0.3 is 0 Å². The minimum atomic E-state index is 0.972. The molecule has 2 nitrogen and oxygen atoms in total. The summed E-state index contributed by atoms with van der Waals surface area (Å²) in [4.78, 5) is 10.4. The van der Waals surface area contributed by atoms with E-state index in [4.69, 9.17) is 0 Å². The van der Waals surface area contributed by atoms with E-state index in [1.807, 2.05) is 18.5 Å². The van der Waals surface area contributed by atoms with Crippen LogP contribution in [0.1, 0.15) is 5.56 Å². The van der Waals surface area contributed by atoms with Crippen LogP contribution in [0, 0.1) is 6.92 Å². The Morgan fingerprint density at radius 1 is 0.950 bits per heavy atom. The standard InChI is InChI=1S/C17H12N2S/c1-11-6-8-20-17(11)14-9-13-5-4-12-3-2-7-18-15(12)16(13)19-10-14/h2-10H,1H3. The molecule has 0 saturated carbocycles. The second-order valence-corrected chi connectivity index (χ2v) is 5.79. The zero-order chi connectivity index (χ0) is 13.5. The maximum Gasteiger partial charge on any atom is 0.0965 e. The Bertz CT molecular complexity index is 924. The molecule has 0 atom stereocenters. The lowest BCUT2D eigenvalue weighted by molar-refractivity contribution is 1.37. The third-order valence-electron chi connectivity index (χ3n) is 3.55. The van der Waals surface area contributed by atoms with Gasteiger partial charge in [0.05, 0.1) is 11.0 Å². The SMILES string of the molecule is Cc1ccsc1-c1cnc2c(ccc3cccnc32)c1. The largest absolute Gasteiger partial charge is 0.254 e. The first-order valence-corrected chi connectivity index (χ1v) is 7.39. The minimum Gasteiger partial charge on any atom is -0.254 e. The van der Waals surface area contributed by atoms with Gasteiger partial charge in [0.25, 0.3) is 0 Å². The first kappa shape index (κ1) is 11.6. The predicted octanol–water partition coefficient (Wildman–Crippen LogP) is 4.82. The van der Waals surface area contributed by atoms with Crippen molar-refractivity contribution < 1.29 is 0 Å². The summed E-state index contributed by atoms with van der Waals surface area (Å²) in [5, 5.41) is 4.39. The Morgan fingerprint density at radius 2 is 1.80 bits per heavy atom. The molecule has 0 N–H and O–H groups in total. The van der Waals surface area contributed by atoms with Crippen LogP contribution >= 0.6 is 11.3 Å². The number of aryl methyl sites for hydroxylation is 1. The number of nitrogens with zero attached hydrogens (tertiary/aromatic N) is 2. The van der Waals surface area contributed by atoms with Crippen LogP contribution in [0.2, 0.25) is 0 Å². The fourth-order valence-electron chi connectivity index (χ4n) is 2.53. The van der Waals surface area contributed by atoms with Crippen LogP contribution in [-0.4, -0.2) is 9.97 Å². The Kier molecular flexibility index (Phi) is 2.54. The molecule has 20 heavy (non-hydrogen) atoms. The van der Waals surface area contributed by atoms with E-state index in [9.17, 15) is 0 Å². The lowest BCUT2D eigenvalue weighted by atomic mass is 10.1. The minimum absolute atomic E-state index is 0.972. The molecule has 0 aliphatic carbocycles. The summed E-state index contributed by atoms with van der Waals surface area (Å²) in [5.74, 6) is 0. The van der Waals surface area contributed by atoms with Gasteiger partial charge in [-0.25, -0.2) is 0 Å². The first-order chi connectivity index (χ1) is 9.83. The second kappa shape index (κ2) is 4.39. The van der Waals surface area contributed by atoms with E-state index in [1.54, 1.807) is 11.3 Å². The van der Waals surface area contributed by atoms with Crippen molar-refractivity contribution >= 4 is 33.1 Å². The maximum atomic E-state index is 4.65. The van der Waals surface area contributed by atoms with Gasteiger partial charge in [0, 0.05) is 33.6 Å². The van der Waals surface area contributed by atoms with Crippen molar-refractivity contribution in [3.8, 4) is 10.4 Å². The fraction of sp³-hybridized carbons (Fsp3) is 0.0588. The predicted molar refractivity (Wildman–Crippen MR) is 85.1 cm³/mol. The molecule has 0 unspecified atom stereocenters. The topological polar surface area (TPSA) is 25.8 Å². The summed E-state index contributed by atoms with van der Waals surface area (Å²) in [5.41, 5.74) is 4.43. The molecule has 0 saturated heterocycles. The highest BCUT2D eigenvalue weighted by molar-refractivity contribution is 7.13. The molecule has 0 aliphatic heterocycles. The molecule has 0 aliphatic rings. The molecule has 0 radical (unpaired) electrons. The van der Waals surface area contributed by atoms with Gasteiger partial charge >= 0.3 is 0 Å². The monoisotopic (exact) mass is 276 g/mol. The molecule has 0 fully saturated rings. The normalized spacial score (nSPS) is 11.2. The molecular weight excluding hydrogens is 264 g/mol. The number of pyridine rings is 2. The summed E-state index contributed by atoms with van der Waals surface area (Å²) in [6.07, 6.45) is 3.77. The fourth-order valence-corrected chi connectivity index (χ4v) is 3.44. The quantitative estimate of drug-likeness (QED) is 0.466. The van der Waals surface area contributed by atoms with Crippen molar-refractivity contribution in [1.29, 1.82) is 0 Å². The van der Waals surface area contributed by atoms with Crippen molar-refractivity contribution in [3.63, 3.8) is 0 Å². The van der Waals surface area contributed by atoms with Gasteiger partial charge in [-0.05, 0) is 36.1 Å². The lowest BCUT2D eigenvalue weighted by Crippen LogP contribution is -1.86. The van der Waals surface area contributed by atoms with Crippen molar-refractivity contribution in [2.75, 3.05) is 0 Å². The molecule has 1 aromatic carbocycles. The molecule has 0 amide bonds. The van der Waals surface area contributed by atoms with E-state index in [2.05, 4.69) is 52.6 Å². The van der Waals surface area contributed by atoms with Crippen LogP contribution in [0.25, 0.3) is 32.2 Å². The zero-order valence-electron chi connectivity index (χ0n) is 11.0. The van der Waals surface area contributed by atoms with Crippen LogP contribution in [0.5, 0.6) is 0 Å². The average molecular weight is 276 g/mol. The summed E-state index contributed by atoms with van der Waals surface area (Å²) < 4.78 is 0. The van der Waals surface area contributed by atoms with Gasteiger partial charge in [-0.3, -0.25) is 9.97 Å². The van der Waals surface area contributed by atoms with Gasteiger partial charge in [0.1, 0.15) is 0 Å². The molecule has 96 valence electrons. The molecule has 0 bridgehead atoms. The second-order valence-electron chi connectivity index (χ2n) is 4.87. The van der Waals surface area contributed by atoms with Crippen molar-refractivity contribution in [1.82, 2.24) is 9.97 Å². The number of fused-ring (bicyclic) bond motifs is 3. The Balaban J connectivity index is 2.01. The van der Waals surface area contributed by atoms with Crippen molar-refractivity contribution in [3.05, 3.63) is 59.7 Å². The van der Waals surface area contributed by atoms with Gasteiger partial charge in [0.2, 0.25) is 0 Å². The molecular formula is C17H12N2S. The Labute approximate surface area is 120 Å². The van der Waals surface area contributed by atoms with Crippen LogP contribution in [0.3, 0.4) is 0 Å². The number of aromatic nitrogens is 2. The van der Waals surface area contributed by atoms with E-state index < -0.39 is 0 Å². The summed E-state index contributed by atoms with van der Waals surface area (Å²) in [6.45, 7) is 2.14. The number of thiophene rings is 1. The van der Waals surface area contributed by atoms with Gasteiger partial charge in [-0.15, -0.1) is 11.3 Å². The average Bonchev–Trinajstić information content (AvgIpc) is 2.92. The molecule has 4 rings (SSSR count). The summed E-state index contributed by atoms with van der Waals surface area (Å²) in [6, 6.07) is 12.6. The number of hydrogen-bond donors (Lipinski definition) is 0. The number of rotatable bonds is 1. The highest BCUT2D eigenvalue weighted by Crippen LogP contribution is 2.31. The van der Waals surface area contributed by atoms with Crippen LogP contribution in [-0.2, 0) is 0 Å². The highest BCUT2D eigenvalue weighted by Gasteiger charge is 2.07. The van der Waals surface area contributed by atoms with Gasteiger partial charge in [-0.1, -0.05) is 18.2 Å². The molecule has 0 spiro atoms. The smallest absolute Gasteiger partial charge is 0.0965 e. The van der Waals surface area contributed by atoms with Gasteiger partial charge in [-0.2, -0.15) is 0 Å². The third kappa shape index (κ3) is 1.71. The van der Waals surface area contributed by atoms with E-state index >= 15 is 0 Å². The van der Waals surface area contributed by atoms with E-state index in [-0.39, 0.29) is 0 Å². The van der Waals surface area contributed by atoms with Gasteiger partial charge in [0.15, 0.2) is 0 Å². The van der Waals surface area contributed by atoms with Crippen molar-refractivity contribution in [2.45, 2.75) is 6.92 Å². The third-order valence-corrected chi connectivity index (χ3v) is 4.61. The first-order valence-electron chi connectivity index (χ1n) is 6.51. The lowest BCUT2D eigenvalue weighted by Gasteiger charge is -2.05. The molecule has 3 heterocycles. The van der Waals surface area contributed by atoms with E-state index in [1.165, 1.54) is 16.0 Å². The van der Waals surface area contributed by atoms with E-state index in [0.717, 1.165) is 21.8 Å². The molecule has 4 aromatic rings.